The molecule has 2 rings (SSSR count). The highest BCUT2D eigenvalue weighted by atomic mass is 16.5. The number of ketones is 1. The van der Waals surface area contributed by atoms with Crippen LogP contribution in [0.2, 0.25) is 0 Å². The van der Waals surface area contributed by atoms with Gasteiger partial charge in [-0.1, -0.05) is 12.1 Å². The topological polar surface area (TPSA) is 52.6 Å². The highest BCUT2D eigenvalue weighted by Gasteiger charge is 2.37. The molecule has 1 aromatic carbocycles. The number of carbonyl (C=O) groups is 2. The van der Waals surface area contributed by atoms with Gasteiger partial charge in [-0.15, -0.1) is 0 Å². The Hall–Kier alpha value is -1.84. The zero-order valence-electron chi connectivity index (χ0n) is 12.6. The molecule has 21 heavy (non-hydrogen) atoms. The Labute approximate surface area is 125 Å². The molecule has 0 radical (unpaired) electrons. The van der Waals surface area contributed by atoms with Crippen molar-refractivity contribution in [2.75, 3.05) is 13.7 Å². The average molecular weight is 290 g/mol. The molecule has 1 saturated carbocycles. The highest BCUT2D eigenvalue weighted by Crippen LogP contribution is 2.31. The predicted molar refractivity (Wildman–Crippen MR) is 79.2 cm³/mol. The molecule has 1 fully saturated rings. The molecule has 4 nitrogen and oxygen atoms in total. The molecule has 2 atom stereocenters. The summed E-state index contributed by atoms with van der Waals surface area (Å²) in [5.74, 6) is 0.117. The molecule has 1 aromatic rings. The fourth-order valence-electron chi connectivity index (χ4n) is 2.95. The molecular formula is C17H22O4. The minimum atomic E-state index is -0.308. The molecule has 0 aliphatic heterocycles. The van der Waals surface area contributed by atoms with E-state index in [1.54, 1.807) is 14.0 Å². The van der Waals surface area contributed by atoms with E-state index in [0.29, 0.717) is 19.4 Å². The second kappa shape index (κ2) is 7.25. The van der Waals surface area contributed by atoms with E-state index in [2.05, 4.69) is 0 Å². The molecule has 0 unspecified atom stereocenters. The number of benzene rings is 1. The number of esters is 1. The van der Waals surface area contributed by atoms with Crippen LogP contribution in [0.5, 0.6) is 5.75 Å². The predicted octanol–water partition coefficient (Wildman–Crippen LogP) is 2.79. The third-order valence-electron chi connectivity index (χ3n) is 4.02. The Kier molecular flexibility index (Phi) is 5.37. The second-order valence-corrected chi connectivity index (χ2v) is 5.38. The van der Waals surface area contributed by atoms with Gasteiger partial charge in [-0.25, -0.2) is 0 Å². The van der Waals surface area contributed by atoms with Crippen LogP contribution in [-0.2, 0) is 20.7 Å². The van der Waals surface area contributed by atoms with Crippen LogP contribution >= 0.6 is 0 Å². The van der Waals surface area contributed by atoms with Crippen molar-refractivity contribution in [3.63, 3.8) is 0 Å². The highest BCUT2D eigenvalue weighted by molar-refractivity contribution is 5.88. The molecule has 114 valence electrons. The molecule has 1 aliphatic rings. The van der Waals surface area contributed by atoms with Crippen LogP contribution in [0.4, 0.5) is 0 Å². The summed E-state index contributed by atoms with van der Waals surface area (Å²) >= 11 is 0. The van der Waals surface area contributed by atoms with E-state index < -0.39 is 0 Å². The van der Waals surface area contributed by atoms with Gasteiger partial charge in [-0.05, 0) is 43.9 Å². The van der Waals surface area contributed by atoms with Crippen molar-refractivity contribution in [2.45, 2.75) is 32.6 Å². The Morgan fingerprint density at radius 3 is 2.90 bits per heavy atom. The van der Waals surface area contributed by atoms with Crippen LogP contribution in [0.3, 0.4) is 0 Å². The summed E-state index contributed by atoms with van der Waals surface area (Å²) in [4.78, 5) is 24.3. The molecule has 0 bridgehead atoms. The first-order valence-electron chi connectivity index (χ1n) is 7.48. The molecule has 0 aromatic heterocycles. The Bertz CT molecular complexity index is 509. The third kappa shape index (κ3) is 3.84. The van der Waals surface area contributed by atoms with Crippen molar-refractivity contribution < 1.29 is 19.1 Å². The first-order chi connectivity index (χ1) is 10.2. The summed E-state index contributed by atoms with van der Waals surface area (Å²) in [6.07, 6.45) is 2.64. The number of Topliss-reactive ketones (excluding diaryl/α,β-unsaturated/α-hetero) is 1. The van der Waals surface area contributed by atoms with E-state index in [1.165, 1.54) is 0 Å². The lowest BCUT2D eigenvalue weighted by atomic mass is 9.75. The van der Waals surface area contributed by atoms with Crippen molar-refractivity contribution in [3.8, 4) is 5.75 Å². The van der Waals surface area contributed by atoms with Gasteiger partial charge in [0, 0.05) is 12.3 Å². The van der Waals surface area contributed by atoms with E-state index in [0.717, 1.165) is 24.2 Å². The van der Waals surface area contributed by atoms with E-state index in [4.69, 9.17) is 9.47 Å². The minimum absolute atomic E-state index is 0.169. The van der Waals surface area contributed by atoms with Gasteiger partial charge in [0.15, 0.2) is 0 Å². The van der Waals surface area contributed by atoms with Crippen molar-refractivity contribution >= 4 is 11.8 Å². The maximum Gasteiger partial charge on any atom is 0.309 e. The average Bonchev–Trinajstić information content (AvgIpc) is 2.49. The van der Waals surface area contributed by atoms with Crippen LogP contribution < -0.4 is 4.74 Å². The summed E-state index contributed by atoms with van der Waals surface area (Å²) < 4.78 is 10.3. The van der Waals surface area contributed by atoms with Gasteiger partial charge >= 0.3 is 5.97 Å². The number of hydrogen-bond donors (Lipinski definition) is 0. The lowest BCUT2D eigenvalue weighted by Crippen LogP contribution is -2.36. The van der Waals surface area contributed by atoms with E-state index in [9.17, 15) is 9.59 Å². The van der Waals surface area contributed by atoms with Gasteiger partial charge in [0.2, 0.25) is 0 Å². The van der Waals surface area contributed by atoms with Gasteiger partial charge < -0.3 is 9.47 Å². The number of hydrogen-bond acceptors (Lipinski definition) is 4. The monoisotopic (exact) mass is 290 g/mol. The Morgan fingerprint density at radius 2 is 2.19 bits per heavy atom. The van der Waals surface area contributed by atoms with Gasteiger partial charge in [0.25, 0.3) is 0 Å². The molecule has 0 spiro atoms. The first kappa shape index (κ1) is 15.5. The summed E-state index contributed by atoms with van der Waals surface area (Å²) in [7, 11) is 1.62. The first-order valence-corrected chi connectivity index (χ1v) is 7.48. The molecule has 0 saturated heterocycles. The number of ether oxygens (including phenoxy) is 2. The lowest BCUT2D eigenvalue weighted by molar-refractivity contribution is -0.154. The van der Waals surface area contributed by atoms with Crippen molar-refractivity contribution in [2.24, 2.45) is 11.8 Å². The van der Waals surface area contributed by atoms with Gasteiger partial charge in [0.05, 0.1) is 19.6 Å². The van der Waals surface area contributed by atoms with Crippen LogP contribution in [0.1, 0.15) is 31.7 Å². The standard InChI is InChI=1S/C17H22O4/c1-3-21-17(19)14-8-5-9-16(18)15(14)11-12-6-4-7-13(10-12)20-2/h4,6-7,10,14-15H,3,5,8-9,11H2,1-2H3/t14-,15+/m0/s1. The maximum atomic E-state index is 12.2. The van der Waals surface area contributed by atoms with Crippen molar-refractivity contribution in [1.82, 2.24) is 0 Å². The largest absolute Gasteiger partial charge is 0.497 e. The van der Waals surface area contributed by atoms with Gasteiger partial charge in [-0.3, -0.25) is 9.59 Å². The van der Waals surface area contributed by atoms with Crippen LogP contribution in [0, 0.1) is 11.8 Å². The number of rotatable bonds is 5. The summed E-state index contributed by atoms with van der Waals surface area (Å²) in [5.41, 5.74) is 1.02. The minimum Gasteiger partial charge on any atom is -0.497 e. The fourth-order valence-corrected chi connectivity index (χ4v) is 2.95. The maximum absolute atomic E-state index is 12.2. The van der Waals surface area contributed by atoms with Gasteiger partial charge in [-0.2, -0.15) is 0 Å². The third-order valence-corrected chi connectivity index (χ3v) is 4.02. The van der Waals surface area contributed by atoms with E-state index >= 15 is 0 Å². The Morgan fingerprint density at radius 1 is 1.38 bits per heavy atom. The van der Waals surface area contributed by atoms with Crippen LogP contribution in [-0.4, -0.2) is 25.5 Å². The number of carbonyl (C=O) groups excluding carboxylic acids is 2. The van der Waals surface area contributed by atoms with E-state index in [-0.39, 0.29) is 23.6 Å². The van der Waals surface area contributed by atoms with E-state index in [1.807, 2.05) is 24.3 Å². The summed E-state index contributed by atoms with van der Waals surface area (Å²) in [6, 6.07) is 7.66. The molecule has 0 N–H and O–H groups in total. The lowest BCUT2D eigenvalue weighted by Gasteiger charge is -2.28. The van der Waals surface area contributed by atoms with Crippen LogP contribution in [0.25, 0.3) is 0 Å². The summed E-state index contributed by atoms with van der Waals surface area (Å²) in [5, 5.41) is 0. The smallest absolute Gasteiger partial charge is 0.309 e. The normalized spacial score (nSPS) is 21.9. The zero-order chi connectivity index (χ0) is 15.2. The molecule has 0 amide bonds. The van der Waals surface area contributed by atoms with Gasteiger partial charge in [0.1, 0.15) is 11.5 Å². The SMILES string of the molecule is CCOC(=O)[C@H]1CCCC(=O)[C@@H]1Cc1cccc(OC)c1. The van der Waals surface area contributed by atoms with Crippen LogP contribution in [0.15, 0.2) is 24.3 Å². The quantitative estimate of drug-likeness (QED) is 0.782. The summed E-state index contributed by atoms with van der Waals surface area (Å²) in [6.45, 7) is 2.15. The van der Waals surface area contributed by atoms with Crippen molar-refractivity contribution in [3.05, 3.63) is 29.8 Å². The molecule has 1 aliphatic carbocycles. The Balaban J connectivity index is 2.16. The fraction of sp³-hybridized carbons (Fsp3) is 0.529. The molecule has 4 heteroatoms. The van der Waals surface area contributed by atoms with Crippen molar-refractivity contribution in [1.29, 1.82) is 0 Å². The molecular weight excluding hydrogens is 268 g/mol. The second-order valence-electron chi connectivity index (χ2n) is 5.38. The zero-order valence-corrected chi connectivity index (χ0v) is 12.6. The molecule has 0 heterocycles. The number of methoxy groups -OCH3 is 1.